The molecule has 4 rings (SSSR count). The molecular formula is C26H26FN3O3S. The molecule has 2 heterocycles. The Kier molecular flexibility index (Phi) is 7.72. The van der Waals surface area contributed by atoms with Gasteiger partial charge in [-0.3, -0.25) is 4.79 Å². The average molecular weight is 480 g/mol. The number of aliphatic hydroxyl groups is 1. The van der Waals surface area contributed by atoms with Gasteiger partial charge in [-0.15, -0.1) is 11.3 Å². The number of primary amides is 1. The van der Waals surface area contributed by atoms with E-state index in [1.54, 1.807) is 34.2 Å². The molecule has 4 aromatic rings. The van der Waals surface area contributed by atoms with Crippen molar-refractivity contribution in [2.24, 2.45) is 5.73 Å². The number of nitrogens with two attached hydrogens (primary N) is 1. The molecule has 2 aromatic carbocycles. The summed E-state index contributed by atoms with van der Waals surface area (Å²) < 4.78 is 20.9. The third-order valence-corrected chi connectivity index (χ3v) is 6.53. The van der Waals surface area contributed by atoms with Crippen LogP contribution in [0.3, 0.4) is 0 Å². The summed E-state index contributed by atoms with van der Waals surface area (Å²) in [5.41, 5.74) is 7.47. The van der Waals surface area contributed by atoms with Crippen LogP contribution in [0, 0.1) is 5.82 Å². The zero-order valence-corrected chi connectivity index (χ0v) is 19.4. The first kappa shape index (κ1) is 23.7. The maximum atomic E-state index is 13.2. The van der Waals surface area contributed by atoms with E-state index in [2.05, 4.69) is 4.98 Å². The number of amides is 1. The van der Waals surface area contributed by atoms with Crippen LogP contribution in [0.15, 0.2) is 73.2 Å². The number of para-hydroxylation sites is 1. The number of hydrogen-bond donors (Lipinski definition) is 2. The van der Waals surface area contributed by atoms with Gasteiger partial charge in [-0.05, 0) is 60.7 Å². The molecule has 0 aliphatic heterocycles. The van der Waals surface area contributed by atoms with Gasteiger partial charge in [0.05, 0.1) is 12.4 Å². The van der Waals surface area contributed by atoms with E-state index in [1.807, 2.05) is 36.4 Å². The number of hydrogen-bond acceptors (Lipinski definition) is 5. The fraction of sp³-hybridized carbons (Fsp3) is 0.231. The molecule has 0 aliphatic carbocycles. The summed E-state index contributed by atoms with van der Waals surface area (Å²) in [6.07, 6.45) is 4.64. The maximum Gasteiger partial charge on any atom is 0.268 e. The second kappa shape index (κ2) is 11.1. The Morgan fingerprint density at radius 1 is 1.15 bits per heavy atom. The van der Waals surface area contributed by atoms with E-state index in [9.17, 15) is 14.3 Å². The number of aryl methyl sites for hydroxylation is 1. The Balaban J connectivity index is 1.28. The van der Waals surface area contributed by atoms with Crippen LogP contribution in [-0.2, 0) is 19.6 Å². The molecule has 176 valence electrons. The number of imidazole rings is 1. The summed E-state index contributed by atoms with van der Waals surface area (Å²) in [7, 11) is 0. The second-order valence-corrected chi connectivity index (χ2v) is 9.20. The molecular weight excluding hydrogens is 453 g/mol. The Labute approximate surface area is 201 Å². The first-order valence-corrected chi connectivity index (χ1v) is 11.8. The van der Waals surface area contributed by atoms with Gasteiger partial charge in [0.25, 0.3) is 5.91 Å². The molecule has 1 atom stereocenters. The number of benzene rings is 2. The topological polar surface area (TPSA) is 90.4 Å². The molecule has 1 unspecified atom stereocenters. The molecule has 0 fully saturated rings. The predicted molar refractivity (Wildman–Crippen MR) is 130 cm³/mol. The molecule has 2 aromatic heterocycles. The smallest absolute Gasteiger partial charge is 0.268 e. The Bertz CT molecular complexity index is 1240. The summed E-state index contributed by atoms with van der Waals surface area (Å²) in [6, 6.07) is 18.5. The van der Waals surface area contributed by atoms with Crippen molar-refractivity contribution in [3.63, 3.8) is 0 Å². The first-order valence-electron chi connectivity index (χ1n) is 11.0. The van der Waals surface area contributed by atoms with E-state index in [1.165, 1.54) is 18.5 Å². The molecule has 34 heavy (non-hydrogen) atoms. The Morgan fingerprint density at radius 2 is 1.94 bits per heavy atom. The SMILES string of the molecule is NC(=O)c1cn(CC(O)CCCc2ccccc2OCc2ccc(-c3ccc(F)cc3)s2)cn1. The fourth-order valence-corrected chi connectivity index (χ4v) is 4.60. The van der Waals surface area contributed by atoms with Crippen molar-refractivity contribution in [3.05, 3.63) is 95.1 Å². The highest BCUT2D eigenvalue weighted by Crippen LogP contribution is 2.30. The fourth-order valence-electron chi connectivity index (χ4n) is 3.67. The number of halogens is 1. The monoisotopic (exact) mass is 479 g/mol. The molecule has 0 radical (unpaired) electrons. The van der Waals surface area contributed by atoms with Crippen LogP contribution in [0.2, 0.25) is 0 Å². The largest absolute Gasteiger partial charge is 0.488 e. The van der Waals surface area contributed by atoms with Crippen LogP contribution in [-0.4, -0.2) is 26.7 Å². The van der Waals surface area contributed by atoms with E-state index in [0.717, 1.165) is 39.5 Å². The van der Waals surface area contributed by atoms with E-state index >= 15 is 0 Å². The number of carbonyl (C=O) groups is 1. The van der Waals surface area contributed by atoms with E-state index in [-0.39, 0.29) is 11.5 Å². The number of carbonyl (C=O) groups excluding carboxylic acids is 1. The normalized spacial score (nSPS) is 11.9. The maximum absolute atomic E-state index is 13.2. The van der Waals surface area contributed by atoms with Crippen molar-refractivity contribution in [1.29, 1.82) is 0 Å². The average Bonchev–Trinajstić information content (AvgIpc) is 3.49. The second-order valence-electron chi connectivity index (χ2n) is 8.04. The zero-order valence-electron chi connectivity index (χ0n) is 18.6. The van der Waals surface area contributed by atoms with Gasteiger partial charge >= 0.3 is 0 Å². The van der Waals surface area contributed by atoms with Gasteiger partial charge in [-0.25, -0.2) is 9.37 Å². The highest BCUT2D eigenvalue weighted by Gasteiger charge is 2.11. The first-order chi connectivity index (χ1) is 16.5. The van der Waals surface area contributed by atoms with Crippen LogP contribution in [0.25, 0.3) is 10.4 Å². The minimum absolute atomic E-state index is 0.189. The van der Waals surface area contributed by atoms with Crippen molar-refractivity contribution >= 4 is 17.2 Å². The molecule has 0 saturated heterocycles. The molecule has 0 aliphatic rings. The lowest BCUT2D eigenvalue weighted by molar-refractivity contribution is 0.0995. The van der Waals surface area contributed by atoms with E-state index in [0.29, 0.717) is 19.6 Å². The van der Waals surface area contributed by atoms with Gasteiger partial charge in [0.2, 0.25) is 0 Å². The third-order valence-electron chi connectivity index (χ3n) is 5.42. The number of rotatable bonds is 11. The number of aromatic nitrogens is 2. The van der Waals surface area contributed by atoms with Gasteiger partial charge in [0.1, 0.15) is 23.9 Å². The van der Waals surface area contributed by atoms with Gasteiger partial charge in [0, 0.05) is 22.5 Å². The summed E-state index contributed by atoms with van der Waals surface area (Å²) >= 11 is 1.63. The summed E-state index contributed by atoms with van der Waals surface area (Å²) in [4.78, 5) is 17.2. The van der Waals surface area contributed by atoms with Crippen molar-refractivity contribution in [2.75, 3.05) is 0 Å². The minimum Gasteiger partial charge on any atom is -0.488 e. The number of ether oxygens (including phenoxy) is 1. The lowest BCUT2D eigenvalue weighted by Crippen LogP contribution is -2.15. The molecule has 0 bridgehead atoms. The van der Waals surface area contributed by atoms with Crippen molar-refractivity contribution < 1.29 is 19.0 Å². The molecule has 6 nitrogen and oxygen atoms in total. The van der Waals surface area contributed by atoms with Crippen LogP contribution < -0.4 is 10.5 Å². The predicted octanol–water partition coefficient (Wildman–Crippen LogP) is 4.81. The molecule has 8 heteroatoms. The molecule has 1 amide bonds. The highest BCUT2D eigenvalue weighted by molar-refractivity contribution is 7.15. The zero-order chi connectivity index (χ0) is 23.9. The van der Waals surface area contributed by atoms with Crippen LogP contribution in [0.1, 0.15) is 33.8 Å². The van der Waals surface area contributed by atoms with E-state index < -0.39 is 12.0 Å². The lowest BCUT2D eigenvalue weighted by atomic mass is 10.0. The summed E-state index contributed by atoms with van der Waals surface area (Å²) in [5, 5.41) is 10.3. The number of nitrogens with zero attached hydrogens (tertiary/aromatic N) is 2. The lowest BCUT2D eigenvalue weighted by Gasteiger charge is -2.13. The molecule has 3 N–H and O–H groups in total. The summed E-state index contributed by atoms with van der Waals surface area (Å²) in [6.45, 7) is 0.807. The van der Waals surface area contributed by atoms with Crippen LogP contribution in [0.4, 0.5) is 4.39 Å². The van der Waals surface area contributed by atoms with Gasteiger partial charge in [0.15, 0.2) is 0 Å². The molecule has 0 saturated carbocycles. The standard InChI is InChI=1S/C26H26FN3O3S/c27-20-10-8-19(9-11-20)25-13-12-22(34-25)16-33-24-7-2-1-4-18(24)5-3-6-21(31)14-30-15-23(26(28)32)29-17-30/h1-2,4,7-13,15,17,21,31H,3,5-6,14,16H2,(H2,28,32). The van der Waals surface area contributed by atoms with Crippen LogP contribution in [0.5, 0.6) is 5.75 Å². The van der Waals surface area contributed by atoms with Gasteiger partial charge in [-0.2, -0.15) is 0 Å². The van der Waals surface area contributed by atoms with Crippen molar-refractivity contribution in [3.8, 4) is 16.2 Å². The quantitative estimate of drug-likeness (QED) is 0.323. The van der Waals surface area contributed by atoms with Crippen molar-refractivity contribution in [1.82, 2.24) is 9.55 Å². The summed E-state index contributed by atoms with van der Waals surface area (Å²) in [5.74, 6) is 0.000412. The Hall–Kier alpha value is -3.49. The van der Waals surface area contributed by atoms with Crippen molar-refractivity contribution in [2.45, 2.75) is 38.5 Å². The molecule has 0 spiro atoms. The highest BCUT2D eigenvalue weighted by atomic mass is 32.1. The minimum atomic E-state index is -0.584. The van der Waals surface area contributed by atoms with Gasteiger partial charge < -0.3 is 20.1 Å². The van der Waals surface area contributed by atoms with Gasteiger partial charge in [-0.1, -0.05) is 30.3 Å². The number of aliphatic hydroxyl groups excluding tert-OH is 1. The van der Waals surface area contributed by atoms with Crippen LogP contribution >= 0.6 is 11.3 Å². The van der Waals surface area contributed by atoms with E-state index in [4.69, 9.17) is 10.5 Å². The third kappa shape index (κ3) is 6.30. The number of thiophene rings is 1. The Morgan fingerprint density at radius 3 is 2.71 bits per heavy atom.